The molecule has 1 aromatic carbocycles. The molecule has 0 bridgehead atoms. The van der Waals surface area contributed by atoms with Crippen LogP contribution in [-0.4, -0.2) is 22.5 Å². The summed E-state index contributed by atoms with van der Waals surface area (Å²) < 4.78 is 7.91. The lowest BCUT2D eigenvalue weighted by Crippen LogP contribution is -2.24. The molecule has 0 N–H and O–H groups in total. The standard InChI is InChI=1S/C22H26N2O/c1-16-13-19(9-8-18-6-7-18)10-11-21(16)22-15-24(23-17(22)2)14-20-5-3-4-12-25-20/h10-11,13,15,18,20H,3-7,12,14H2,1-2H3. The second-order valence-corrected chi connectivity index (χ2v) is 7.41. The predicted octanol–water partition coefficient (Wildman–Crippen LogP) is 4.50. The van der Waals surface area contributed by atoms with Crippen molar-refractivity contribution in [3.8, 4) is 23.0 Å². The van der Waals surface area contributed by atoms with Crippen molar-refractivity contribution in [2.75, 3.05) is 6.61 Å². The summed E-state index contributed by atoms with van der Waals surface area (Å²) in [6, 6.07) is 6.53. The fourth-order valence-corrected chi connectivity index (χ4v) is 3.49. The topological polar surface area (TPSA) is 27.1 Å². The Kier molecular flexibility index (Phi) is 4.63. The average Bonchev–Trinajstić information content (AvgIpc) is 3.37. The van der Waals surface area contributed by atoms with Crippen molar-refractivity contribution in [1.29, 1.82) is 0 Å². The number of benzene rings is 1. The molecular formula is C22H26N2O. The summed E-state index contributed by atoms with van der Waals surface area (Å²) in [7, 11) is 0. The lowest BCUT2D eigenvalue weighted by atomic mass is 9.99. The molecule has 3 nitrogen and oxygen atoms in total. The Morgan fingerprint density at radius 2 is 2.04 bits per heavy atom. The van der Waals surface area contributed by atoms with Gasteiger partial charge in [-0.3, -0.25) is 4.68 Å². The largest absolute Gasteiger partial charge is 0.376 e. The molecule has 0 amide bonds. The number of rotatable bonds is 3. The van der Waals surface area contributed by atoms with Crippen molar-refractivity contribution in [2.45, 2.75) is 58.6 Å². The van der Waals surface area contributed by atoms with E-state index in [1.807, 2.05) is 0 Å². The number of hydrogen-bond acceptors (Lipinski definition) is 2. The van der Waals surface area contributed by atoms with Gasteiger partial charge >= 0.3 is 0 Å². The van der Waals surface area contributed by atoms with Crippen LogP contribution < -0.4 is 0 Å². The zero-order chi connectivity index (χ0) is 17.2. The van der Waals surface area contributed by atoms with Crippen LogP contribution in [0.4, 0.5) is 0 Å². The number of ether oxygens (including phenoxy) is 1. The monoisotopic (exact) mass is 334 g/mol. The number of aryl methyl sites for hydroxylation is 2. The first-order valence-electron chi connectivity index (χ1n) is 9.47. The zero-order valence-electron chi connectivity index (χ0n) is 15.2. The second-order valence-electron chi connectivity index (χ2n) is 7.41. The van der Waals surface area contributed by atoms with E-state index in [0.29, 0.717) is 12.0 Å². The third kappa shape index (κ3) is 3.96. The van der Waals surface area contributed by atoms with Crippen molar-refractivity contribution in [1.82, 2.24) is 9.78 Å². The molecule has 2 aliphatic rings. The molecule has 1 aliphatic heterocycles. The first-order valence-corrected chi connectivity index (χ1v) is 9.47. The van der Waals surface area contributed by atoms with Crippen molar-refractivity contribution in [3.05, 3.63) is 41.2 Å². The Hall–Kier alpha value is -2.05. The molecule has 0 spiro atoms. The quantitative estimate of drug-likeness (QED) is 0.773. The molecule has 4 rings (SSSR count). The van der Waals surface area contributed by atoms with Crippen LogP contribution in [0.25, 0.3) is 11.1 Å². The fraction of sp³-hybridized carbons (Fsp3) is 0.500. The SMILES string of the molecule is Cc1cc(C#CC2CC2)ccc1-c1cn(CC2CCCCO2)nc1C. The Balaban J connectivity index is 1.53. The van der Waals surface area contributed by atoms with Gasteiger partial charge in [0.25, 0.3) is 0 Å². The smallest absolute Gasteiger partial charge is 0.0770 e. The highest BCUT2D eigenvalue weighted by atomic mass is 16.5. The lowest BCUT2D eigenvalue weighted by Gasteiger charge is -2.22. The highest BCUT2D eigenvalue weighted by Crippen LogP contribution is 2.29. The molecule has 130 valence electrons. The van der Waals surface area contributed by atoms with Gasteiger partial charge in [0, 0.05) is 29.8 Å². The van der Waals surface area contributed by atoms with E-state index >= 15 is 0 Å². The van der Waals surface area contributed by atoms with Crippen LogP contribution in [0.5, 0.6) is 0 Å². The number of nitrogens with zero attached hydrogens (tertiary/aromatic N) is 2. The molecular weight excluding hydrogens is 308 g/mol. The predicted molar refractivity (Wildman–Crippen MR) is 100 cm³/mol. The third-order valence-corrected chi connectivity index (χ3v) is 5.13. The van der Waals surface area contributed by atoms with E-state index in [0.717, 1.165) is 30.8 Å². The molecule has 0 radical (unpaired) electrons. The van der Waals surface area contributed by atoms with Crippen LogP contribution in [-0.2, 0) is 11.3 Å². The van der Waals surface area contributed by atoms with Crippen molar-refractivity contribution in [3.63, 3.8) is 0 Å². The summed E-state index contributed by atoms with van der Waals surface area (Å²) in [5.74, 6) is 7.29. The molecule has 1 aromatic heterocycles. The molecule has 1 saturated carbocycles. The number of hydrogen-bond donors (Lipinski definition) is 0. The van der Waals surface area contributed by atoms with E-state index < -0.39 is 0 Å². The van der Waals surface area contributed by atoms with Gasteiger partial charge in [-0.2, -0.15) is 5.10 Å². The zero-order valence-corrected chi connectivity index (χ0v) is 15.2. The minimum absolute atomic E-state index is 0.307. The Labute approximate surface area is 150 Å². The molecule has 1 atom stereocenters. The lowest BCUT2D eigenvalue weighted by molar-refractivity contribution is 0.00396. The highest BCUT2D eigenvalue weighted by Gasteiger charge is 2.18. The maximum atomic E-state index is 5.85. The van der Waals surface area contributed by atoms with E-state index in [4.69, 9.17) is 9.84 Å². The van der Waals surface area contributed by atoms with Crippen LogP contribution >= 0.6 is 0 Å². The summed E-state index contributed by atoms with van der Waals surface area (Å²) in [6.45, 7) is 6.00. The summed E-state index contributed by atoms with van der Waals surface area (Å²) in [4.78, 5) is 0. The van der Waals surface area contributed by atoms with Crippen molar-refractivity contribution < 1.29 is 4.74 Å². The van der Waals surface area contributed by atoms with Gasteiger partial charge in [0.15, 0.2) is 0 Å². The molecule has 1 saturated heterocycles. The van der Waals surface area contributed by atoms with Gasteiger partial charge in [0.1, 0.15) is 0 Å². The summed E-state index contributed by atoms with van der Waals surface area (Å²) in [6.07, 6.45) is 8.62. The Morgan fingerprint density at radius 1 is 1.16 bits per heavy atom. The van der Waals surface area contributed by atoms with E-state index in [1.54, 1.807) is 0 Å². The molecule has 2 heterocycles. The van der Waals surface area contributed by atoms with Gasteiger partial charge in [-0.15, -0.1) is 0 Å². The minimum atomic E-state index is 0.307. The van der Waals surface area contributed by atoms with Gasteiger partial charge in [0.2, 0.25) is 0 Å². The Bertz CT molecular complexity index is 814. The van der Waals surface area contributed by atoms with Crippen LogP contribution in [0.3, 0.4) is 0 Å². The first kappa shape index (κ1) is 16.4. The second kappa shape index (κ2) is 7.06. The summed E-state index contributed by atoms with van der Waals surface area (Å²) >= 11 is 0. The average molecular weight is 334 g/mol. The van der Waals surface area contributed by atoms with Crippen molar-refractivity contribution in [2.24, 2.45) is 5.92 Å². The van der Waals surface area contributed by atoms with Gasteiger partial charge in [-0.1, -0.05) is 17.9 Å². The molecule has 2 aromatic rings. The van der Waals surface area contributed by atoms with Gasteiger partial charge in [0.05, 0.1) is 18.3 Å². The molecule has 25 heavy (non-hydrogen) atoms. The number of aromatic nitrogens is 2. The van der Waals surface area contributed by atoms with E-state index in [1.165, 1.54) is 42.4 Å². The van der Waals surface area contributed by atoms with Gasteiger partial charge in [-0.05, 0) is 69.2 Å². The van der Waals surface area contributed by atoms with E-state index in [9.17, 15) is 0 Å². The van der Waals surface area contributed by atoms with Crippen LogP contribution in [0, 0.1) is 31.6 Å². The fourth-order valence-electron chi connectivity index (χ4n) is 3.49. The van der Waals surface area contributed by atoms with E-state index in [2.05, 4.69) is 54.8 Å². The third-order valence-electron chi connectivity index (χ3n) is 5.13. The molecule has 2 fully saturated rings. The normalized spacial score (nSPS) is 20.2. The highest BCUT2D eigenvalue weighted by molar-refractivity contribution is 5.69. The molecule has 1 unspecified atom stereocenters. The molecule has 1 aliphatic carbocycles. The summed E-state index contributed by atoms with van der Waals surface area (Å²) in [5, 5.41) is 4.72. The van der Waals surface area contributed by atoms with E-state index in [-0.39, 0.29) is 0 Å². The van der Waals surface area contributed by atoms with Crippen LogP contribution in [0.2, 0.25) is 0 Å². The van der Waals surface area contributed by atoms with Crippen LogP contribution in [0.15, 0.2) is 24.4 Å². The van der Waals surface area contributed by atoms with Crippen molar-refractivity contribution >= 4 is 0 Å². The maximum absolute atomic E-state index is 5.85. The first-order chi connectivity index (χ1) is 12.2. The Morgan fingerprint density at radius 3 is 2.76 bits per heavy atom. The van der Waals surface area contributed by atoms with Gasteiger partial charge in [-0.25, -0.2) is 0 Å². The minimum Gasteiger partial charge on any atom is -0.376 e. The molecule has 3 heteroatoms. The maximum Gasteiger partial charge on any atom is 0.0770 e. The van der Waals surface area contributed by atoms with Crippen LogP contribution in [0.1, 0.15) is 48.9 Å². The van der Waals surface area contributed by atoms with Gasteiger partial charge < -0.3 is 4.74 Å². The summed E-state index contributed by atoms with van der Waals surface area (Å²) in [5.41, 5.74) is 5.93.